The van der Waals surface area contributed by atoms with Crippen LogP contribution in [-0.2, 0) is 6.54 Å². The molecule has 6 heteroatoms. The van der Waals surface area contributed by atoms with Gasteiger partial charge in [-0.2, -0.15) is 5.10 Å². The molecule has 0 saturated carbocycles. The van der Waals surface area contributed by atoms with Gasteiger partial charge in [0.1, 0.15) is 5.82 Å². The SMILES string of the molecule is COc1c(F)cc(Cn2ccc(N)n2)cc1F. The van der Waals surface area contributed by atoms with Crippen LogP contribution in [0, 0.1) is 11.6 Å². The maximum absolute atomic E-state index is 13.4. The normalized spacial score (nSPS) is 10.5. The number of hydrogen-bond donors (Lipinski definition) is 1. The van der Waals surface area contributed by atoms with E-state index in [-0.39, 0.29) is 12.3 Å². The molecule has 0 bridgehead atoms. The molecule has 0 aliphatic heterocycles. The molecule has 2 N–H and O–H groups in total. The van der Waals surface area contributed by atoms with Crippen LogP contribution in [0.25, 0.3) is 0 Å². The average Bonchev–Trinajstić information content (AvgIpc) is 2.63. The number of nitrogen functional groups attached to an aromatic ring is 1. The van der Waals surface area contributed by atoms with Crippen molar-refractivity contribution >= 4 is 5.82 Å². The molecule has 1 aromatic heterocycles. The van der Waals surface area contributed by atoms with E-state index in [4.69, 9.17) is 5.73 Å². The van der Waals surface area contributed by atoms with Gasteiger partial charge in [0.25, 0.3) is 0 Å². The first-order chi connectivity index (χ1) is 8.10. The lowest BCUT2D eigenvalue weighted by Crippen LogP contribution is -2.03. The number of halogens is 2. The van der Waals surface area contributed by atoms with Crippen LogP contribution in [0.3, 0.4) is 0 Å². The zero-order chi connectivity index (χ0) is 12.4. The van der Waals surface area contributed by atoms with E-state index in [1.54, 1.807) is 12.3 Å². The van der Waals surface area contributed by atoms with Crippen LogP contribution in [0.15, 0.2) is 24.4 Å². The van der Waals surface area contributed by atoms with Gasteiger partial charge in [-0.25, -0.2) is 8.78 Å². The Bertz CT molecular complexity index is 516. The molecule has 0 unspecified atom stereocenters. The third-order valence-corrected chi connectivity index (χ3v) is 2.27. The van der Waals surface area contributed by atoms with Crippen molar-refractivity contribution in [3.05, 3.63) is 41.6 Å². The molecule has 2 rings (SSSR count). The van der Waals surface area contributed by atoms with Gasteiger partial charge in [-0.3, -0.25) is 4.68 Å². The summed E-state index contributed by atoms with van der Waals surface area (Å²) < 4.78 is 32.9. The minimum atomic E-state index is -0.734. The number of methoxy groups -OCH3 is 1. The number of hydrogen-bond acceptors (Lipinski definition) is 3. The number of aromatic nitrogens is 2. The summed E-state index contributed by atoms with van der Waals surface area (Å²) in [6.45, 7) is 0.245. The molecule has 0 aliphatic carbocycles. The smallest absolute Gasteiger partial charge is 0.190 e. The zero-order valence-corrected chi connectivity index (χ0v) is 9.15. The maximum atomic E-state index is 13.4. The van der Waals surface area contributed by atoms with Crippen molar-refractivity contribution < 1.29 is 13.5 Å². The lowest BCUT2D eigenvalue weighted by molar-refractivity contribution is 0.359. The molecule has 0 spiro atoms. The second kappa shape index (κ2) is 4.40. The molecule has 90 valence electrons. The molecular weight excluding hydrogens is 228 g/mol. The Morgan fingerprint density at radius 2 is 2.00 bits per heavy atom. The van der Waals surface area contributed by atoms with Gasteiger partial charge in [0.2, 0.25) is 0 Å². The van der Waals surface area contributed by atoms with Gasteiger partial charge in [-0.15, -0.1) is 0 Å². The van der Waals surface area contributed by atoms with Crippen molar-refractivity contribution in [3.63, 3.8) is 0 Å². The lowest BCUT2D eigenvalue weighted by Gasteiger charge is -2.07. The van der Waals surface area contributed by atoms with Gasteiger partial charge in [0.05, 0.1) is 13.7 Å². The Balaban J connectivity index is 2.28. The van der Waals surface area contributed by atoms with E-state index < -0.39 is 11.6 Å². The summed E-state index contributed by atoms with van der Waals surface area (Å²) >= 11 is 0. The third kappa shape index (κ3) is 2.35. The van der Waals surface area contributed by atoms with E-state index in [2.05, 4.69) is 9.84 Å². The quantitative estimate of drug-likeness (QED) is 0.888. The van der Waals surface area contributed by atoms with Gasteiger partial charge >= 0.3 is 0 Å². The summed E-state index contributed by atoms with van der Waals surface area (Å²) in [7, 11) is 1.22. The highest BCUT2D eigenvalue weighted by Crippen LogP contribution is 2.23. The van der Waals surface area contributed by atoms with Crippen molar-refractivity contribution in [2.45, 2.75) is 6.54 Å². The van der Waals surface area contributed by atoms with Crippen LogP contribution in [0.2, 0.25) is 0 Å². The van der Waals surface area contributed by atoms with E-state index in [0.717, 1.165) is 0 Å². The standard InChI is InChI=1S/C11H11F2N3O/c1-17-11-8(12)4-7(5-9(11)13)6-16-3-2-10(14)15-16/h2-5H,6H2,1H3,(H2,14,15). The average molecular weight is 239 g/mol. The fourth-order valence-corrected chi connectivity index (χ4v) is 1.55. The van der Waals surface area contributed by atoms with Crippen molar-refractivity contribution in [3.8, 4) is 5.75 Å². The first-order valence-corrected chi connectivity index (χ1v) is 4.91. The first-order valence-electron chi connectivity index (χ1n) is 4.91. The molecule has 4 nitrogen and oxygen atoms in total. The van der Waals surface area contributed by atoms with Gasteiger partial charge in [0.15, 0.2) is 17.4 Å². The molecule has 0 aliphatic rings. The molecule has 0 amide bonds. The van der Waals surface area contributed by atoms with Crippen molar-refractivity contribution in [1.82, 2.24) is 9.78 Å². The van der Waals surface area contributed by atoms with Crippen LogP contribution in [0.1, 0.15) is 5.56 Å². The molecule has 17 heavy (non-hydrogen) atoms. The van der Waals surface area contributed by atoms with Crippen LogP contribution in [0.4, 0.5) is 14.6 Å². The number of ether oxygens (including phenoxy) is 1. The minimum Gasteiger partial charge on any atom is -0.491 e. The topological polar surface area (TPSA) is 53.1 Å². The zero-order valence-electron chi connectivity index (χ0n) is 9.15. The Morgan fingerprint density at radius 3 is 2.47 bits per heavy atom. The van der Waals surface area contributed by atoms with Gasteiger partial charge < -0.3 is 10.5 Å². The van der Waals surface area contributed by atoms with Crippen LogP contribution >= 0.6 is 0 Å². The Labute approximate surface area is 96.6 Å². The highest BCUT2D eigenvalue weighted by Gasteiger charge is 2.11. The summed E-state index contributed by atoms with van der Waals surface area (Å²) in [6, 6.07) is 4.02. The predicted octanol–water partition coefficient (Wildman–Crippen LogP) is 1.80. The molecule has 0 fully saturated rings. The number of benzene rings is 1. The Hall–Kier alpha value is -2.11. The molecular formula is C11H11F2N3O. The third-order valence-electron chi connectivity index (χ3n) is 2.27. The predicted molar refractivity (Wildman–Crippen MR) is 58.7 cm³/mol. The summed E-state index contributed by atoms with van der Waals surface area (Å²) in [4.78, 5) is 0. The molecule has 0 saturated heterocycles. The van der Waals surface area contributed by atoms with Gasteiger partial charge in [-0.05, 0) is 23.8 Å². The van der Waals surface area contributed by atoms with Crippen LogP contribution in [0.5, 0.6) is 5.75 Å². The van der Waals surface area contributed by atoms with E-state index in [1.165, 1.54) is 23.9 Å². The molecule has 1 heterocycles. The number of nitrogens with zero attached hydrogens (tertiary/aromatic N) is 2. The monoisotopic (exact) mass is 239 g/mol. The summed E-state index contributed by atoms with van der Waals surface area (Å²) in [5.74, 6) is -1.49. The highest BCUT2D eigenvalue weighted by molar-refractivity contribution is 5.31. The molecule has 0 radical (unpaired) electrons. The van der Waals surface area contributed by atoms with Gasteiger partial charge in [0, 0.05) is 6.20 Å². The second-order valence-corrected chi connectivity index (χ2v) is 3.53. The van der Waals surface area contributed by atoms with Crippen LogP contribution < -0.4 is 10.5 Å². The van der Waals surface area contributed by atoms with Crippen molar-refractivity contribution in [2.24, 2.45) is 0 Å². The summed E-state index contributed by atoms with van der Waals surface area (Å²) in [5.41, 5.74) is 5.89. The van der Waals surface area contributed by atoms with Crippen LogP contribution in [-0.4, -0.2) is 16.9 Å². The lowest BCUT2D eigenvalue weighted by atomic mass is 10.2. The van der Waals surface area contributed by atoms with E-state index in [0.29, 0.717) is 11.4 Å². The fourth-order valence-electron chi connectivity index (χ4n) is 1.55. The molecule has 1 aromatic carbocycles. The summed E-state index contributed by atoms with van der Waals surface area (Å²) in [6.07, 6.45) is 1.63. The number of rotatable bonds is 3. The number of nitrogens with two attached hydrogens (primary N) is 1. The molecule has 0 atom stereocenters. The minimum absolute atomic E-state index is 0.245. The van der Waals surface area contributed by atoms with Crippen molar-refractivity contribution in [2.75, 3.05) is 12.8 Å². The second-order valence-electron chi connectivity index (χ2n) is 3.53. The van der Waals surface area contributed by atoms with Gasteiger partial charge in [-0.1, -0.05) is 0 Å². The van der Waals surface area contributed by atoms with E-state index in [9.17, 15) is 8.78 Å². The number of anilines is 1. The van der Waals surface area contributed by atoms with E-state index >= 15 is 0 Å². The first kappa shape index (κ1) is 11.4. The van der Waals surface area contributed by atoms with E-state index in [1.807, 2.05) is 0 Å². The largest absolute Gasteiger partial charge is 0.491 e. The maximum Gasteiger partial charge on any atom is 0.190 e. The summed E-state index contributed by atoms with van der Waals surface area (Å²) in [5, 5.41) is 3.93. The Morgan fingerprint density at radius 1 is 1.35 bits per heavy atom. The fraction of sp³-hybridized carbons (Fsp3) is 0.182. The molecule has 2 aromatic rings. The van der Waals surface area contributed by atoms with Crippen molar-refractivity contribution in [1.29, 1.82) is 0 Å². The Kier molecular flexibility index (Phi) is 2.95. The highest BCUT2D eigenvalue weighted by atomic mass is 19.1.